The molecule has 0 aromatic carbocycles. The summed E-state index contributed by atoms with van der Waals surface area (Å²) in [5.41, 5.74) is 0.731. The van der Waals surface area contributed by atoms with Gasteiger partial charge in [0.15, 0.2) is 0 Å². The van der Waals surface area contributed by atoms with E-state index in [-0.39, 0.29) is 0 Å². The van der Waals surface area contributed by atoms with Crippen LogP contribution < -0.4 is 5.32 Å². The van der Waals surface area contributed by atoms with Gasteiger partial charge in [0.2, 0.25) is 0 Å². The topological polar surface area (TPSA) is 12.0 Å². The number of hydrogen-bond acceptors (Lipinski definition) is 1. The molecule has 1 nitrogen and oxygen atoms in total. The highest BCUT2D eigenvalue weighted by Gasteiger charge is 2.34. The second-order valence-corrected chi connectivity index (χ2v) is 3.83. The monoisotopic (exact) mass is 138 g/mol. The average Bonchev–Trinajstić information content (AvgIpc) is 2.39. The predicted octanol–water partition coefficient (Wildman–Crippen LogP) is 2.09. The normalized spacial score (nSPS) is 31.2. The molecule has 1 radical (unpaired) electrons. The van der Waals surface area contributed by atoms with E-state index in [4.69, 9.17) is 0 Å². The molecule has 1 aliphatic carbocycles. The lowest BCUT2D eigenvalue weighted by molar-refractivity contribution is 0.234. The molecule has 1 spiro atoms. The summed E-state index contributed by atoms with van der Waals surface area (Å²) in [6.07, 6.45) is 8.64. The first kappa shape index (κ1) is 6.66. The van der Waals surface area contributed by atoms with Gasteiger partial charge in [-0.1, -0.05) is 12.8 Å². The van der Waals surface area contributed by atoms with Gasteiger partial charge in [0, 0.05) is 13.1 Å². The Morgan fingerprint density at radius 1 is 1.10 bits per heavy atom. The standard InChI is InChI=1S/C9H16N/c1-2-5-9(4-1)6-3-7-10-8-9/h7,10H,1-6,8H2. The molecule has 2 fully saturated rings. The molecule has 0 amide bonds. The molecule has 0 unspecified atom stereocenters. The van der Waals surface area contributed by atoms with Gasteiger partial charge in [0.05, 0.1) is 0 Å². The van der Waals surface area contributed by atoms with Gasteiger partial charge in [0.1, 0.15) is 0 Å². The fraction of sp³-hybridized carbons (Fsp3) is 0.889. The SMILES string of the molecule is [CH]1CCC2(CCCC2)CN1. The Hall–Kier alpha value is -0.0400. The molecule has 2 aliphatic rings. The summed E-state index contributed by atoms with van der Waals surface area (Å²) >= 11 is 0. The first-order chi connectivity index (χ1) is 4.91. The lowest BCUT2D eigenvalue weighted by Gasteiger charge is -2.33. The maximum absolute atomic E-state index is 3.39. The molecule has 10 heavy (non-hydrogen) atoms. The van der Waals surface area contributed by atoms with Crippen LogP contribution in [0.3, 0.4) is 0 Å². The molecule has 1 N–H and O–H groups in total. The minimum Gasteiger partial charge on any atom is -0.312 e. The maximum atomic E-state index is 3.39. The summed E-state index contributed by atoms with van der Waals surface area (Å²) in [6, 6.07) is 0. The van der Waals surface area contributed by atoms with Crippen LogP contribution in [0.4, 0.5) is 0 Å². The highest BCUT2D eigenvalue weighted by atomic mass is 14.9. The van der Waals surface area contributed by atoms with Crippen molar-refractivity contribution >= 4 is 0 Å². The van der Waals surface area contributed by atoms with Crippen LogP contribution in [0.15, 0.2) is 0 Å². The summed E-state index contributed by atoms with van der Waals surface area (Å²) in [7, 11) is 0. The Labute approximate surface area is 63.2 Å². The smallest absolute Gasteiger partial charge is 0.0221 e. The van der Waals surface area contributed by atoms with Gasteiger partial charge in [-0.05, 0) is 31.1 Å². The van der Waals surface area contributed by atoms with E-state index in [0.29, 0.717) is 0 Å². The lowest BCUT2D eigenvalue weighted by Crippen LogP contribution is -2.35. The van der Waals surface area contributed by atoms with Crippen molar-refractivity contribution in [1.82, 2.24) is 5.32 Å². The Kier molecular flexibility index (Phi) is 1.69. The molecule has 0 aromatic rings. The van der Waals surface area contributed by atoms with Gasteiger partial charge in [-0.3, -0.25) is 0 Å². The van der Waals surface area contributed by atoms with Gasteiger partial charge >= 0.3 is 0 Å². The third-order valence-electron chi connectivity index (χ3n) is 3.10. The van der Waals surface area contributed by atoms with Gasteiger partial charge in [-0.2, -0.15) is 0 Å². The Morgan fingerprint density at radius 2 is 1.90 bits per heavy atom. The van der Waals surface area contributed by atoms with Gasteiger partial charge < -0.3 is 5.32 Å². The molecular weight excluding hydrogens is 122 g/mol. The highest BCUT2D eigenvalue weighted by Crippen LogP contribution is 2.42. The van der Waals surface area contributed by atoms with Crippen molar-refractivity contribution in [3.63, 3.8) is 0 Å². The van der Waals surface area contributed by atoms with Crippen LogP contribution in [0, 0.1) is 12.0 Å². The van der Waals surface area contributed by atoms with E-state index in [1.165, 1.54) is 45.1 Å². The van der Waals surface area contributed by atoms with Gasteiger partial charge in [0.25, 0.3) is 0 Å². The molecule has 1 saturated carbocycles. The van der Waals surface area contributed by atoms with Crippen molar-refractivity contribution in [3.8, 4) is 0 Å². The van der Waals surface area contributed by atoms with Crippen molar-refractivity contribution in [2.24, 2.45) is 5.41 Å². The quantitative estimate of drug-likeness (QED) is 0.540. The molecule has 1 aliphatic heterocycles. The molecule has 2 rings (SSSR count). The summed E-state index contributed by atoms with van der Waals surface area (Å²) in [6.45, 7) is 3.48. The van der Waals surface area contributed by atoms with Crippen LogP contribution in [0.2, 0.25) is 0 Å². The zero-order valence-corrected chi connectivity index (χ0v) is 6.53. The second-order valence-electron chi connectivity index (χ2n) is 3.83. The van der Waals surface area contributed by atoms with Gasteiger partial charge in [-0.15, -0.1) is 0 Å². The first-order valence-corrected chi connectivity index (χ1v) is 4.46. The third kappa shape index (κ3) is 1.07. The van der Waals surface area contributed by atoms with E-state index >= 15 is 0 Å². The van der Waals surface area contributed by atoms with E-state index in [9.17, 15) is 0 Å². The molecule has 0 atom stereocenters. The highest BCUT2D eigenvalue weighted by molar-refractivity contribution is 4.92. The van der Waals surface area contributed by atoms with Crippen molar-refractivity contribution in [2.75, 3.05) is 6.54 Å². The van der Waals surface area contributed by atoms with E-state index in [2.05, 4.69) is 11.9 Å². The molecular formula is C9H16N. The fourth-order valence-corrected chi connectivity index (χ4v) is 2.41. The Morgan fingerprint density at radius 3 is 2.50 bits per heavy atom. The average molecular weight is 138 g/mol. The fourth-order valence-electron chi connectivity index (χ4n) is 2.41. The van der Waals surface area contributed by atoms with Crippen LogP contribution in [0.5, 0.6) is 0 Å². The largest absolute Gasteiger partial charge is 0.312 e. The molecule has 1 saturated heterocycles. The van der Waals surface area contributed by atoms with Crippen molar-refractivity contribution < 1.29 is 0 Å². The van der Waals surface area contributed by atoms with E-state index in [0.717, 1.165) is 5.41 Å². The molecule has 57 valence electrons. The molecule has 0 aromatic heterocycles. The summed E-state index contributed by atoms with van der Waals surface area (Å²) in [5, 5.41) is 3.39. The zero-order valence-electron chi connectivity index (χ0n) is 6.53. The van der Waals surface area contributed by atoms with Crippen LogP contribution in [0.1, 0.15) is 38.5 Å². The zero-order chi connectivity index (χ0) is 6.86. The van der Waals surface area contributed by atoms with Crippen LogP contribution in [-0.4, -0.2) is 6.54 Å². The van der Waals surface area contributed by atoms with Crippen molar-refractivity contribution in [1.29, 1.82) is 0 Å². The van der Waals surface area contributed by atoms with Crippen molar-refractivity contribution in [3.05, 3.63) is 6.54 Å². The number of piperidine rings is 1. The summed E-state index contributed by atoms with van der Waals surface area (Å²) in [5.74, 6) is 0. The van der Waals surface area contributed by atoms with Crippen LogP contribution in [-0.2, 0) is 0 Å². The Balaban J connectivity index is 1.98. The molecule has 0 bridgehead atoms. The van der Waals surface area contributed by atoms with E-state index in [1.54, 1.807) is 0 Å². The van der Waals surface area contributed by atoms with Crippen molar-refractivity contribution in [2.45, 2.75) is 38.5 Å². The number of rotatable bonds is 0. The summed E-state index contributed by atoms with van der Waals surface area (Å²) < 4.78 is 0. The summed E-state index contributed by atoms with van der Waals surface area (Å²) in [4.78, 5) is 0. The third-order valence-corrected chi connectivity index (χ3v) is 3.10. The predicted molar refractivity (Wildman–Crippen MR) is 42.4 cm³/mol. The molecule has 1 heterocycles. The maximum Gasteiger partial charge on any atom is 0.0221 e. The van der Waals surface area contributed by atoms with Gasteiger partial charge in [-0.25, -0.2) is 0 Å². The second kappa shape index (κ2) is 2.54. The number of nitrogens with one attached hydrogen (secondary N) is 1. The first-order valence-electron chi connectivity index (χ1n) is 4.46. The molecule has 1 heteroatoms. The van der Waals surface area contributed by atoms with E-state index < -0.39 is 0 Å². The number of hydrogen-bond donors (Lipinski definition) is 1. The van der Waals surface area contributed by atoms with E-state index in [1.807, 2.05) is 0 Å². The minimum absolute atomic E-state index is 0.731. The van der Waals surface area contributed by atoms with Crippen LogP contribution >= 0.6 is 0 Å². The minimum atomic E-state index is 0.731. The lowest BCUT2D eigenvalue weighted by atomic mass is 9.79. The van der Waals surface area contributed by atoms with Crippen LogP contribution in [0.25, 0.3) is 0 Å². The Bertz CT molecular complexity index is 106.